The largest absolute Gasteiger partial charge is 0.496 e. The Hall–Kier alpha value is -5.06. The number of ketones is 2. The van der Waals surface area contributed by atoms with Crippen molar-refractivity contribution in [2.24, 2.45) is 0 Å². The smallest absolute Gasteiger partial charge is 0.327 e. The summed E-state index contributed by atoms with van der Waals surface area (Å²) in [6.07, 6.45) is 3.32. The summed E-state index contributed by atoms with van der Waals surface area (Å²) in [5.41, 5.74) is 1.26. The van der Waals surface area contributed by atoms with Gasteiger partial charge in [0, 0.05) is 56.2 Å². The lowest BCUT2D eigenvalue weighted by atomic mass is 9.65. The van der Waals surface area contributed by atoms with Gasteiger partial charge in [-0.1, -0.05) is 12.1 Å². The van der Waals surface area contributed by atoms with Crippen LogP contribution in [0.4, 0.5) is 4.79 Å². The molecule has 1 atom stereocenters. The Labute approximate surface area is 235 Å². The second-order valence-corrected chi connectivity index (χ2v) is 10.4. The summed E-state index contributed by atoms with van der Waals surface area (Å²) in [7, 11) is 4.33. The van der Waals surface area contributed by atoms with Crippen molar-refractivity contribution in [3.8, 4) is 5.75 Å². The fourth-order valence-corrected chi connectivity index (χ4v) is 6.28. The number of rotatable bonds is 5. The number of hydrogen-bond acceptors (Lipinski definition) is 7. The van der Waals surface area contributed by atoms with E-state index >= 15 is 0 Å². The molecule has 1 saturated heterocycles. The van der Waals surface area contributed by atoms with Gasteiger partial charge in [0.15, 0.2) is 11.3 Å². The average molecular weight is 554 g/mol. The van der Waals surface area contributed by atoms with Crippen LogP contribution in [-0.4, -0.2) is 82.5 Å². The summed E-state index contributed by atoms with van der Waals surface area (Å²) >= 11 is 0. The number of aromatic nitrogens is 2. The van der Waals surface area contributed by atoms with Crippen molar-refractivity contribution < 1.29 is 28.7 Å². The highest BCUT2D eigenvalue weighted by atomic mass is 16.5. The van der Waals surface area contributed by atoms with Crippen molar-refractivity contribution in [2.75, 3.05) is 27.7 Å². The summed E-state index contributed by atoms with van der Waals surface area (Å²) in [5, 5.41) is 2.78. The van der Waals surface area contributed by atoms with Crippen LogP contribution >= 0.6 is 0 Å². The number of methoxy groups -OCH3 is 1. The molecule has 1 unspecified atom stereocenters. The molecule has 3 aliphatic rings. The summed E-state index contributed by atoms with van der Waals surface area (Å²) in [5.74, 6) is -1.44. The number of nitrogens with zero attached hydrogens (tertiary/aromatic N) is 3. The average Bonchev–Trinajstić information content (AvgIpc) is 3.47. The van der Waals surface area contributed by atoms with Gasteiger partial charge >= 0.3 is 6.03 Å². The zero-order chi connectivity index (χ0) is 29.2. The number of carbonyl (C=O) groups excluding carboxylic acids is 5. The van der Waals surface area contributed by atoms with E-state index in [1.165, 1.54) is 32.3 Å². The van der Waals surface area contributed by atoms with E-state index in [0.29, 0.717) is 22.4 Å². The summed E-state index contributed by atoms with van der Waals surface area (Å²) in [4.78, 5) is 77.4. The minimum Gasteiger partial charge on any atom is -0.496 e. The van der Waals surface area contributed by atoms with Gasteiger partial charge in [-0.25, -0.2) is 4.79 Å². The first-order chi connectivity index (χ1) is 19.6. The number of aryl methyl sites for hydroxylation is 1. The third-order valence-corrected chi connectivity index (χ3v) is 8.30. The second kappa shape index (κ2) is 9.26. The molecule has 6 rings (SSSR count). The molecule has 41 heavy (non-hydrogen) atoms. The lowest BCUT2D eigenvalue weighted by molar-refractivity contribution is -0.130. The number of allylic oxidation sites excluding steroid dienone is 1. The van der Waals surface area contributed by atoms with Gasteiger partial charge < -0.3 is 19.9 Å². The molecule has 3 heterocycles. The van der Waals surface area contributed by atoms with E-state index in [1.54, 1.807) is 36.5 Å². The Morgan fingerprint density at radius 2 is 1.88 bits per heavy atom. The maximum absolute atomic E-state index is 14.5. The standard InChI is InChI=1S/C30H27N5O6/c1-15-8-9-19(41-4)17-13-30(28(39)34(2)29(40)35(30)3)23-22(20(15)17)26(37)24-21(25(23)36)16(14-33-24)10-12-32-27(38)18-7-5-6-11-31-18/h5-9,11,14,33H,10,12-13H2,1-4H3,(H,32,38). The van der Waals surface area contributed by atoms with Crippen molar-refractivity contribution in [1.29, 1.82) is 0 Å². The van der Waals surface area contributed by atoms with Crippen LogP contribution in [0.5, 0.6) is 5.75 Å². The van der Waals surface area contributed by atoms with Gasteiger partial charge in [-0.2, -0.15) is 0 Å². The molecule has 4 amide bonds. The number of nitrogens with one attached hydrogen (secondary N) is 2. The number of urea groups is 1. The predicted octanol–water partition coefficient (Wildman–Crippen LogP) is 2.35. The zero-order valence-electron chi connectivity index (χ0n) is 23.0. The molecule has 1 spiro atoms. The van der Waals surface area contributed by atoms with Crippen LogP contribution in [0.2, 0.25) is 0 Å². The van der Waals surface area contributed by atoms with Crippen molar-refractivity contribution in [2.45, 2.75) is 25.3 Å². The molecule has 2 aromatic heterocycles. The van der Waals surface area contributed by atoms with Gasteiger partial charge in [-0.3, -0.25) is 29.1 Å². The highest BCUT2D eigenvalue weighted by molar-refractivity contribution is 6.43. The lowest BCUT2D eigenvalue weighted by Crippen LogP contribution is -2.56. The third-order valence-electron chi connectivity index (χ3n) is 8.30. The molecule has 3 aromatic rings. The third kappa shape index (κ3) is 3.51. The van der Waals surface area contributed by atoms with Gasteiger partial charge in [0.25, 0.3) is 11.8 Å². The number of fused-ring (bicyclic) bond motifs is 4. The molecule has 208 valence electrons. The monoisotopic (exact) mass is 553 g/mol. The fourth-order valence-electron chi connectivity index (χ4n) is 6.28. The van der Waals surface area contributed by atoms with Crippen molar-refractivity contribution in [1.82, 2.24) is 25.1 Å². The molecule has 2 N–H and O–H groups in total. The highest BCUT2D eigenvalue weighted by Gasteiger charge is 2.63. The van der Waals surface area contributed by atoms with E-state index < -0.39 is 29.0 Å². The molecule has 1 fully saturated rings. The van der Waals surface area contributed by atoms with Gasteiger partial charge in [0.2, 0.25) is 5.78 Å². The molecular weight excluding hydrogens is 526 g/mol. The van der Waals surface area contributed by atoms with Crippen LogP contribution in [0.1, 0.15) is 53.6 Å². The number of ether oxygens (including phenoxy) is 1. The summed E-state index contributed by atoms with van der Waals surface area (Å²) in [6.45, 7) is 2.01. The van der Waals surface area contributed by atoms with Crippen LogP contribution in [0, 0.1) is 6.92 Å². The maximum Gasteiger partial charge on any atom is 0.327 e. The molecule has 0 radical (unpaired) electrons. The minimum absolute atomic E-state index is 0.0116. The number of Topliss-reactive ketones (excluding diaryl/α,β-unsaturated/α-hetero) is 2. The number of hydrogen-bond donors (Lipinski definition) is 2. The van der Waals surface area contributed by atoms with Crippen LogP contribution in [0.15, 0.2) is 48.3 Å². The summed E-state index contributed by atoms with van der Waals surface area (Å²) in [6, 6.07) is 7.99. The van der Waals surface area contributed by atoms with Gasteiger partial charge in [0.1, 0.15) is 11.4 Å². The van der Waals surface area contributed by atoms with Crippen LogP contribution in [-0.2, 0) is 17.6 Å². The molecule has 0 bridgehead atoms. The Balaban J connectivity index is 1.47. The Morgan fingerprint density at radius 3 is 2.54 bits per heavy atom. The lowest BCUT2D eigenvalue weighted by Gasteiger charge is -2.42. The first kappa shape index (κ1) is 26.2. The number of H-pyrrole nitrogens is 1. The van der Waals surface area contributed by atoms with E-state index in [1.807, 2.05) is 6.92 Å². The molecular formula is C30H27N5O6. The zero-order valence-corrected chi connectivity index (χ0v) is 23.0. The van der Waals surface area contributed by atoms with Gasteiger partial charge in [0.05, 0.1) is 18.4 Å². The van der Waals surface area contributed by atoms with Crippen molar-refractivity contribution in [3.05, 3.63) is 87.5 Å². The van der Waals surface area contributed by atoms with E-state index in [0.717, 1.165) is 10.5 Å². The number of aromatic amines is 1. The number of benzene rings is 1. The fraction of sp³-hybridized carbons (Fsp3) is 0.267. The van der Waals surface area contributed by atoms with Crippen LogP contribution in [0.25, 0.3) is 5.57 Å². The normalized spacial score (nSPS) is 19.5. The van der Waals surface area contributed by atoms with Crippen LogP contribution < -0.4 is 10.1 Å². The molecule has 11 heteroatoms. The number of pyridine rings is 1. The van der Waals surface area contributed by atoms with Crippen molar-refractivity contribution in [3.63, 3.8) is 0 Å². The summed E-state index contributed by atoms with van der Waals surface area (Å²) < 4.78 is 5.61. The highest BCUT2D eigenvalue weighted by Crippen LogP contribution is 2.51. The van der Waals surface area contributed by atoms with E-state index in [4.69, 9.17) is 4.74 Å². The van der Waals surface area contributed by atoms with Gasteiger partial charge in [-0.05, 0) is 48.2 Å². The predicted molar refractivity (Wildman–Crippen MR) is 147 cm³/mol. The Kier molecular flexibility index (Phi) is 5.91. The number of likely N-dealkylation sites (N-methyl/N-ethyl adjacent to an activating group) is 2. The maximum atomic E-state index is 14.5. The number of carbonyl (C=O) groups is 5. The quantitative estimate of drug-likeness (QED) is 0.462. The van der Waals surface area contributed by atoms with Gasteiger partial charge in [-0.15, -0.1) is 0 Å². The minimum atomic E-state index is -1.72. The van der Waals surface area contributed by atoms with E-state index in [9.17, 15) is 24.0 Å². The van der Waals surface area contributed by atoms with Crippen molar-refractivity contribution >= 4 is 35.0 Å². The Morgan fingerprint density at radius 1 is 1.10 bits per heavy atom. The number of amides is 4. The second-order valence-electron chi connectivity index (χ2n) is 10.4. The molecule has 2 aliphatic carbocycles. The SMILES string of the molecule is COc1ccc(C)c2c1CC1(C(=O)N(C)C(=O)N1C)C1=C2C(=O)c2[nH]cc(CCNC(=O)c3ccccn3)c2C1=O. The van der Waals surface area contributed by atoms with E-state index in [-0.39, 0.29) is 53.4 Å². The molecule has 0 saturated carbocycles. The number of imide groups is 1. The molecule has 1 aliphatic heterocycles. The van der Waals surface area contributed by atoms with E-state index in [2.05, 4.69) is 15.3 Å². The topological polar surface area (TPSA) is 142 Å². The first-order valence-corrected chi connectivity index (χ1v) is 13.1. The Bertz CT molecular complexity index is 1720. The molecule has 11 nitrogen and oxygen atoms in total. The molecule has 1 aromatic carbocycles. The van der Waals surface area contributed by atoms with Crippen LogP contribution in [0.3, 0.4) is 0 Å². The first-order valence-electron chi connectivity index (χ1n) is 13.1.